The van der Waals surface area contributed by atoms with E-state index < -0.39 is 0 Å². The Morgan fingerprint density at radius 3 is 2.60 bits per heavy atom. The van der Waals surface area contributed by atoms with Gasteiger partial charge in [-0.3, -0.25) is 4.79 Å². The molecule has 82 valence electrons. The van der Waals surface area contributed by atoms with Crippen LogP contribution in [0.2, 0.25) is 5.02 Å². The number of ether oxygens (including phenoxy) is 1. The van der Waals surface area contributed by atoms with E-state index in [-0.39, 0.29) is 12.4 Å². The van der Waals surface area contributed by atoms with Crippen molar-refractivity contribution in [3.8, 4) is 0 Å². The molecule has 0 aliphatic heterocycles. The van der Waals surface area contributed by atoms with Crippen molar-refractivity contribution in [3.05, 3.63) is 33.8 Å². The van der Waals surface area contributed by atoms with E-state index in [0.717, 1.165) is 16.7 Å². The van der Waals surface area contributed by atoms with Crippen molar-refractivity contribution in [2.75, 3.05) is 7.11 Å². The summed E-state index contributed by atoms with van der Waals surface area (Å²) in [6.07, 6.45) is 0.180. The SMILES string of the molecule is COC(=O)Cc1cc(CCl)c(C)cc1Cl. The highest BCUT2D eigenvalue weighted by Gasteiger charge is 2.09. The molecule has 0 heterocycles. The van der Waals surface area contributed by atoms with Gasteiger partial charge >= 0.3 is 5.97 Å². The average Bonchev–Trinajstić information content (AvgIpc) is 2.21. The third kappa shape index (κ3) is 3.11. The van der Waals surface area contributed by atoms with E-state index in [2.05, 4.69) is 4.74 Å². The Kier molecular flexibility index (Phi) is 4.43. The quantitative estimate of drug-likeness (QED) is 0.606. The van der Waals surface area contributed by atoms with Crippen LogP contribution in [0.15, 0.2) is 12.1 Å². The maximum Gasteiger partial charge on any atom is 0.310 e. The van der Waals surface area contributed by atoms with Gasteiger partial charge in [0, 0.05) is 10.9 Å². The van der Waals surface area contributed by atoms with Gasteiger partial charge in [-0.15, -0.1) is 11.6 Å². The summed E-state index contributed by atoms with van der Waals surface area (Å²) in [6.45, 7) is 1.94. The van der Waals surface area contributed by atoms with Gasteiger partial charge in [0.25, 0.3) is 0 Å². The molecular formula is C11H12Cl2O2. The fourth-order valence-electron chi connectivity index (χ4n) is 1.28. The number of esters is 1. The Hall–Kier alpha value is -0.730. The molecule has 2 nitrogen and oxygen atoms in total. The van der Waals surface area contributed by atoms with Crippen LogP contribution < -0.4 is 0 Å². The maximum atomic E-state index is 11.1. The molecular weight excluding hydrogens is 235 g/mol. The van der Waals surface area contributed by atoms with E-state index in [1.165, 1.54) is 7.11 Å². The number of methoxy groups -OCH3 is 1. The molecule has 0 radical (unpaired) electrons. The van der Waals surface area contributed by atoms with Crippen molar-refractivity contribution in [2.24, 2.45) is 0 Å². The predicted molar refractivity (Wildman–Crippen MR) is 61.5 cm³/mol. The number of rotatable bonds is 3. The molecule has 1 aromatic carbocycles. The molecule has 1 rings (SSSR count). The number of aryl methyl sites for hydroxylation is 1. The first-order valence-corrected chi connectivity index (χ1v) is 5.40. The standard InChI is InChI=1S/C11H12Cl2O2/c1-7-3-10(13)8(4-9(7)6-12)5-11(14)15-2/h3-4H,5-6H2,1-2H3. The lowest BCUT2D eigenvalue weighted by Gasteiger charge is -2.08. The first kappa shape index (κ1) is 12.3. The lowest BCUT2D eigenvalue weighted by molar-refractivity contribution is -0.139. The molecule has 0 amide bonds. The van der Waals surface area contributed by atoms with E-state index >= 15 is 0 Å². The first-order valence-electron chi connectivity index (χ1n) is 4.49. The second-order valence-corrected chi connectivity index (χ2v) is 3.93. The summed E-state index contributed by atoms with van der Waals surface area (Å²) >= 11 is 11.8. The molecule has 0 aliphatic carbocycles. The Morgan fingerprint density at radius 2 is 2.07 bits per heavy atom. The molecule has 15 heavy (non-hydrogen) atoms. The van der Waals surface area contributed by atoms with Crippen LogP contribution in [0.5, 0.6) is 0 Å². The molecule has 0 unspecified atom stereocenters. The lowest BCUT2D eigenvalue weighted by atomic mass is 10.0. The third-order valence-corrected chi connectivity index (χ3v) is 2.85. The van der Waals surface area contributed by atoms with Gasteiger partial charge in [0.05, 0.1) is 13.5 Å². The molecule has 0 atom stereocenters. The van der Waals surface area contributed by atoms with Crippen molar-refractivity contribution in [1.82, 2.24) is 0 Å². The maximum absolute atomic E-state index is 11.1. The number of carbonyl (C=O) groups excluding carboxylic acids is 1. The summed E-state index contributed by atoms with van der Waals surface area (Å²) in [5, 5.41) is 0.576. The molecule has 0 aromatic heterocycles. The van der Waals surface area contributed by atoms with Gasteiger partial charge in [0.2, 0.25) is 0 Å². The number of carbonyl (C=O) groups is 1. The monoisotopic (exact) mass is 246 g/mol. The van der Waals surface area contributed by atoms with Crippen molar-refractivity contribution in [2.45, 2.75) is 19.2 Å². The zero-order valence-corrected chi connectivity index (χ0v) is 10.2. The van der Waals surface area contributed by atoms with Crippen LogP contribution in [-0.4, -0.2) is 13.1 Å². The zero-order valence-electron chi connectivity index (χ0n) is 8.64. The normalized spacial score (nSPS) is 10.1. The van der Waals surface area contributed by atoms with Gasteiger partial charge in [0.15, 0.2) is 0 Å². The number of alkyl halides is 1. The van der Waals surface area contributed by atoms with Crippen molar-refractivity contribution in [3.63, 3.8) is 0 Å². The minimum absolute atomic E-state index is 0.180. The van der Waals surface area contributed by atoms with Gasteiger partial charge in [0.1, 0.15) is 0 Å². The van der Waals surface area contributed by atoms with Crippen molar-refractivity contribution >= 4 is 29.2 Å². The molecule has 0 bridgehead atoms. The highest BCUT2D eigenvalue weighted by Crippen LogP contribution is 2.23. The van der Waals surface area contributed by atoms with Gasteiger partial charge in [-0.05, 0) is 29.7 Å². The molecule has 0 saturated carbocycles. The van der Waals surface area contributed by atoms with Crippen molar-refractivity contribution in [1.29, 1.82) is 0 Å². The minimum atomic E-state index is -0.304. The summed E-state index contributed by atoms with van der Waals surface area (Å²) in [6, 6.07) is 3.67. The lowest BCUT2D eigenvalue weighted by Crippen LogP contribution is -2.05. The minimum Gasteiger partial charge on any atom is -0.469 e. The molecule has 0 N–H and O–H groups in total. The van der Waals surface area contributed by atoms with E-state index in [1.54, 1.807) is 0 Å². The average molecular weight is 247 g/mol. The zero-order chi connectivity index (χ0) is 11.4. The summed E-state index contributed by atoms with van der Waals surface area (Å²) in [5.41, 5.74) is 2.77. The van der Waals surface area contributed by atoms with Crippen LogP contribution in [0, 0.1) is 6.92 Å². The second-order valence-electron chi connectivity index (χ2n) is 3.26. The van der Waals surface area contributed by atoms with Crippen LogP contribution in [0.3, 0.4) is 0 Å². The smallest absolute Gasteiger partial charge is 0.310 e. The van der Waals surface area contributed by atoms with Gasteiger partial charge < -0.3 is 4.74 Å². The van der Waals surface area contributed by atoms with Crippen LogP contribution in [0.25, 0.3) is 0 Å². The summed E-state index contributed by atoms with van der Waals surface area (Å²) < 4.78 is 4.58. The Morgan fingerprint density at radius 1 is 1.40 bits per heavy atom. The van der Waals surface area contributed by atoms with Crippen LogP contribution in [0.1, 0.15) is 16.7 Å². The summed E-state index contributed by atoms with van der Waals surface area (Å²) in [7, 11) is 1.35. The van der Waals surface area contributed by atoms with Gasteiger partial charge in [-0.2, -0.15) is 0 Å². The van der Waals surface area contributed by atoms with Crippen molar-refractivity contribution < 1.29 is 9.53 Å². The Labute approximate surface area is 99.1 Å². The van der Waals surface area contributed by atoms with Gasteiger partial charge in [-0.25, -0.2) is 0 Å². The topological polar surface area (TPSA) is 26.3 Å². The van der Waals surface area contributed by atoms with Crippen LogP contribution in [0.4, 0.5) is 0 Å². The summed E-state index contributed by atoms with van der Waals surface area (Å²) in [4.78, 5) is 11.1. The molecule has 0 aliphatic rings. The number of halogens is 2. The first-order chi connectivity index (χ1) is 7.08. The van der Waals surface area contributed by atoms with E-state index in [1.807, 2.05) is 19.1 Å². The van der Waals surface area contributed by atoms with E-state index in [9.17, 15) is 4.79 Å². The second kappa shape index (κ2) is 5.38. The van der Waals surface area contributed by atoms with Crippen LogP contribution >= 0.6 is 23.2 Å². The fourth-order valence-corrected chi connectivity index (χ4v) is 1.85. The van der Waals surface area contributed by atoms with E-state index in [0.29, 0.717) is 10.9 Å². The largest absolute Gasteiger partial charge is 0.469 e. The number of benzene rings is 1. The predicted octanol–water partition coefficient (Wildman–Crippen LogP) is 3.10. The molecule has 0 spiro atoms. The Bertz CT molecular complexity index is 375. The highest BCUT2D eigenvalue weighted by atomic mass is 35.5. The van der Waals surface area contributed by atoms with Gasteiger partial charge in [-0.1, -0.05) is 17.7 Å². The molecule has 4 heteroatoms. The molecule has 1 aromatic rings. The van der Waals surface area contributed by atoms with E-state index in [4.69, 9.17) is 23.2 Å². The molecule has 0 saturated heterocycles. The highest BCUT2D eigenvalue weighted by molar-refractivity contribution is 6.31. The van der Waals surface area contributed by atoms with Crippen LogP contribution in [-0.2, 0) is 21.8 Å². The number of hydrogen-bond donors (Lipinski definition) is 0. The number of hydrogen-bond acceptors (Lipinski definition) is 2. The fraction of sp³-hybridized carbons (Fsp3) is 0.364. The third-order valence-electron chi connectivity index (χ3n) is 2.21. The molecule has 0 fully saturated rings. The Balaban J connectivity index is 3.02. The summed E-state index contributed by atoms with van der Waals surface area (Å²) in [5.74, 6) is 0.109.